The lowest BCUT2D eigenvalue weighted by atomic mass is 10.1. The number of nitrogens with one attached hydrogen (secondary N) is 1. The van der Waals surface area contributed by atoms with Gasteiger partial charge >= 0.3 is 0 Å². The van der Waals surface area contributed by atoms with Crippen molar-refractivity contribution in [2.45, 2.75) is 45.8 Å². The molecule has 0 aliphatic carbocycles. The summed E-state index contributed by atoms with van der Waals surface area (Å²) in [7, 11) is 0. The molecule has 0 spiro atoms. The van der Waals surface area contributed by atoms with E-state index in [0.29, 0.717) is 31.6 Å². The summed E-state index contributed by atoms with van der Waals surface area (Å²) in [4.78, 5) is 18.2. The number of aryl methyl sites for hydroxylation is 1. The van der Waals surface area contributed by atoms with Gasteiger partial charge < -0.3 is 10.1 Å². The van der Waals surface area contributed by atoms with Gasteiger partial charge in [-0.2, -0.15) is 0 Å². The van der Waals surface area contributed by atoms with Gasteiger partial charge in [0.25, 0.3) is 5.56 Å². The fourth-order valence-corrected chi connectivity index (χ4v) is 4.31. The maximum Gasteiger partial charge on any atom is 0.252 e. The molecule has 2 N–H and O–H groups in total. The van der Waals surface area contributed by atoms with E-state index >= 15 is 0 Å². The molecule has 0 amide bonds. The summed E-state index contributed by atoms with van der Waals surface area (Å²) in [6.45, 7) is 5.80. The standard InChI is InChI=1S/C25H30N6O2/c1-3-22(24-27-28-29-31(24)16-19-10-5-4-6-11-19)30(13-8-14-32)17-21-15-20-12-7-9-18(2)23(20)26-25(21)33/h4-7,9-12,15,22,32H,3,8,13-14,16-17H2,1-2H3,(H,26,33). The lowest BCUT2D eigenvalue weighted by Gasteiger charge is -2.30. The Morgan fingerprint density at radius 2 is 1.97 bits per heavy atom. The van der Waals surface area contributed by atoms with Crippen LogP contribution in [0.3, 0.4) is 0 Å². The molecule has 0 fully saturated rings. The first-order valence-corrected chi connectivity index (χ1v) is 11.4. The fourth-order valence-electron chi connectivity index (χ4n) is 4.31. The van der Waals surface area contributed by atoms with Gasteiger partial charge in [-0.05, 0) is 52.8 Å². The Morgan fingerprint density at radius 1 is 1.15 bits per heavy atom. The molecule has 8 heteroatoms. The zero-order chi connectivity index (χ0) is 23.2. The van der Waals surface area contributed by atoms with Crippen molar-refractivity contribution in [2.75, 3.05) is 13.2 Å². The third-order valence-corrected chi connectivity index (χ3v) is 6.00. The molecular formula is C25H30N6O2. The van der Waals surface area contributed by atoms with Crippen molar-refractivity contribution in [3.8, 4) is 0 Å². The van der Waals surface area contributed by atoms with E-state index in [1.807, 2.05) is 66.2 Å². The largest absolute Gasteiger partial charge is 0.396 e. The summed E-state index contributed by atoms with van der Waals surface area (Å²) in [5.41, 5.74) is 3.62. The zero-order valence-electron chi connectivity index (χ0n) is 19.1. The molecule has 1 atom stereocenters. The number of aliphatic hydroxyl groups is 1. The van der Waals surface area contributed by atoms with Crippen molar-refractivity contribution in [3.05, 3.63) is 87.5 Å². The van der Waals surface area contributed by atoms with Crippen molar-refractivity contribution < 1.29 is 5.11 Å². The monoisotopic (exact) mass is 446 g/mol. The van der Waals surface area contributed by atoms with Gasteiger partial charge in [-0.1, -0.05) is 55.5 Å². The smallest absolute Gasteiger partial charge is 0.252 e. The first kappa shape index (κ1) is 22.8. The summed E-state index contributed by atoms with van der Waals surface area (Å²) >= 11 is 0. The third-order valence-electron chi connectivity index (χ3n) is 6.00. The second kappa shape index (κ2) is 10.5. The van der Waals surface area contributed by atoms with Gasteiger partial charge in [0.2, 0.25) is 0 Å². The van der Waals surface area contributed by atoms with E-state index in [9.17, 15) is 9.90 Å². The molecule has 4 rings (SSSR count). The minimum absolute atomic E-state index is 0.0785. The molecule has 0 bridgehead atoms. The second-order valence-electron chi connectivity index (χ2n) is 8.31. The Kier molecular flexibility index (Phi) is 7.26. The highest BCUT2D eigenvalue weighted by atomic mass is 16.3. The van der Waals surface area contributed by atoms with Crippen LogP contribution in [0.2, 0.25) is 0 Å². The van der Waals surface area contributed by atoms with Crippen LogP contribution < -0.4 is 5.56 Å². The minimum Gasteiger partial charge on any atom is -0.396 e. The summed E-state index contributed by atoms with van der Waals surface area (Å²) in [5.74, 6) is 0.757. The lowest BCUT2D eigenvalue weighted by molar-refractivity contribution is 0.152. The van der Waals surface area contributed by atoms with Gasteiger partial charge in [0.15, 0.2) is 5.82 Å². The van der Waals surface area contributed by atoms with Crippen LogP contribution in [0, 0.1) is 6.92 Å². The fraction of sp³-hybridized carbons (Fsp3) is 0.360. The number of aromatic nitrogens is 5. The number of H-pyrrole nitrogens is 1. The van der Waals surface area contributed by atoms with Gasteiger partial charge in [0.1, 0.15) is 0 Å². The number of pyridine rings is 1. The molecule has 2 aromatic carbocycles. The van der Waals surface area contributed by atoms with Gasteiger partial charge in [-0.15, -0.1) is 5.10 Å². The van der Waals surface area contributed by atoms with E-state index < -0.39 is 0 Å². The van der Waals surface area contributed by atoms with Gasteiger partial charge in [-0.3, -0.25) is 9.69 Å². The molecule has 4 aromatic rings. The topological polar surface area (TPSA) is 99.9 Å². The highest BCUT2D eigenvalue weighted by Gasteiger charge is 2.25. The first-order chi connectivity index (χ1) is 16.1. The first-order valence-electron chi connectivity index (χ1n) is 11.4. The number of hydrogen-bond acceptors (Lipinski definition) is 6. The molecular weight excluding hydrogens is 416 g/mol. The predicted octanol–water partition coefficient (Wildman–Crippen LogP) is 3.21. The Balaban J connectivity index is 1.66. The van der Waals surface area contributed by atoms with Crippen LogP contribution >= 0.6 is 0 Å². The lowest BCUT2D eigenvalue weighted by Crippen LogP contribution is -2.34. The SMILES string of the molecule is CCC(c1nnnn1Cc1ccccc1)N(CCCO)Cc1cc2cccc(C)c2[nH]c1=O. The quantitative estimate of drug-likeness (QED) is 0.388. The number of para-hydroxylation sites is 1. The number of rotatable bonds is 10. The Hall–Kier alpha value is -3.36. The van der Waals surface area contributed by atoms with E-state index in [1.54, 1.807) is 0 Å². The molecule has 2 heterocycles. The maximum absolute atomic E-state index is 12.9. The number of benzene rings is 2. The van der Waals surface area contributed by atoms with Crippen molar-refractivity contribution in [1.82, 2.24) is 30.1 Å². The van der Waals surface area contributed by atoms with Crippen molar-refractivity contribution in [3.63, 3.8) is 0 Å². The van der Waals surface area contributed by atoms with Gasteiger partial charge in [-0.25, -0.2) is 4.68 Å². The number of aromatic amines is 1. The van der Waals surface area contributed by atoms with Crippen LogP contribution in [0.15, 0.2) is 59.4 Å². The summed E-state index contributed by atoms with van der Waals surface area (Å²) in [6.07, 6.45) is 1.37. The Bertz CT molecular complexity index is 1250. The van der Waals surface area contributed by atoms with Crippen LogP contribution in [0.5, 0.6) is 0 Å². The van der Waals surface area contributed by atoms with Crippen LogP contribution in [0.1, 0.15) is 48.3 Å². The van der Waals surface area contributed by atoms with Crippen LogP contribution in [-0.4, -0.2) is 48.3 Å². The third kappa shape index (κ3) is 5.18. The van der Waals surface area contributed by atoms with E-state index in [1.165, 1.54) is 0 Å². The summed E-state index contributed by atoms with van der Waals surface area (Å²) < 4.78 is 1.82. The van der Waals surface area contributed by atoms with Gasteiger partial charge in [0, 0.05) is 25.3 Å². The Labute approximate surface area is 192 Å². The molecule has 0 saturated carbocycles. The van der Waals surface area contributed by atoms with Crippen molar-refractivity contribution in [2.24, 2.45) is 0 Å². The zero-order valence-corrected chi connectivity index (χ0v) is 19.1. The number of tetrazole rings is 1. The van der Waals surface area contributed by atoms with Crippen molar-refractivity contribution in [1.29, 1.82) is 0 Å². The number of aliphatic hydroxyl groups excluding tert-OH is 1. The molecule has 172 valence electrons. The van der Waals surface area contributed by atoms with Crippen molar-refractivity contribution >= 4 is 10.9 Å². The molecule has 2 aromatic heterocycles. The number of hydrogen-bond donors (Lipinski definition) is 2. The summed E-state index contributed by atoms with van der Waals surface area (Å²) in [6, 6.07) is 17.9. The molecule has 0 aliphatic heterocycles. The molecule has 0 saturated heterocycles. The van der Waals surface area contributed by atoms with Crippen LogP contribution in [-0.2, 0) is 13.1 Å². The highest BCUT2D eigenvalue weighted by Crippen LogP contribution is 2.25. The molecule has 0 aliphatic rings. The van der Waals surface area contributed by atoms with E-state index in [0.717, 1.165) is 34.3 Å². The van der Waals surface area contributed by atoms with Crippen LogP contribution in [0.25, 0.3) is 10.9 Å². The minimum atomic E-state index is -0.0946. The summed E-state index contributed by atoms with van der Waals surface area (Å²) in [5, 5.41) is 23.0. The number of nitrogens with zero attached hydrogens (tertiary/aromatic N) is 5. The van der Waals surface area contributed by atoms with Crippen LogP contribution in [0.4, 0.5) is 0 Å². The van der Waals surface area contributed by atoms with Gasteiger partial charge in [0.05, 0.1) is 18.1 Å². The molecule has 1 unspecified atom stereocenters. The average Bonchev–Trinajstić information content (AvgIpc) is 3.27. The maximum atomic E-state index is 12.9. The van der Waals surface area contributed by atoms with E-state index in [2.05, 4.69) is 32.3 Å². The Morgan fingerprint density at radius 3 is 2.73 bits per heavy atom. The predicted molar refractivity (Wildman–Crippen MR) is 128 cm³/mol. The molecule has 0 radical (unpaired) electrons. The van der Waals surface area contributed by atoms with E-state index in [-0.39, 0.29) is 18.2 Å². The molecule has 33 heavy (non-hydrogen) atoms. The highest BCUT2D eigenvalue weighted by molar-refractivity contribution is 5.81. The van der Waals surface area contributed by atoms with E-state index in [4.69, 9.17) is 0 Å². The normalized spacial score (nSPS) is 12.5. The number of fused-ring (bicyclic) bond motifs is 1. The molecule has 8 nitrogen and oxygen atoms in total. The second-order valence-corrected chi connectivity index (χ2v) is 8.31. The average molecular weight is 447 g/mol.